The fraction of sp³-hybridized carbons (Fsp3) is 0.300. The van der Waals surface area contributed by atoms with Crippen molar-refractivity contribution < 1.29 is 18.0 Å². The van der Waals surface area contributed by atoms with Crippen LogP contribution in [-0.4, -0.2) is 62.3 Å². The number of amides is 3. The first-order valence-corrected chi connectivity index (χ1v) is 11.8. The highest BCUT2D eigenvalue weighted by molar-refractivity contribution is 7.89. The molecular weight excluding hydrogens is 463 g/mol. The third-order valence-electron chi connectivity index (χ3n) is 4.94. The highest BCUT2D eigenvalue weighted by Crippen LogP contribution is 2.31. The Balaban J connectivity index is 1.53. The minimum Gasteiger partial charge on any atom is -0.366 e. The number of carbonyl (C=O) groups is 2. The predicted molar refractivity (Wildman–Crippen MR) is 119 cm³/mol. The second-order valence-electron chi connectivity index (χ2n) is 6.99. The van der Waals surface area contributed by atoms with Gasteiger partial charge in [-0.15, -0.1) is 0 Å². The van der Waals surface area contributed by atoms with Crippen LogP contribution in [0.2, 0.25) is 10.0 Å². The molecule has 8 nitrogen and oxygen atoms in total. The monoisotopic (exact) mass is 484 g/mol. The van der Waals surface area contributed by atoms with Crippen LogP contribution in [-0.2, 0) is 16.4 Å². The zero-order chi connectivity index (χ0) is 22.6. The van der Waals surface area contributed by atoms with E-state index in [4.69, 9.17) is 28.9 Å². The van der Waals surface area contributed by atoms with E-state index in [-0.39, 0.29) is 47.2 Å². The van der Waals surface area contributed by atoms with Gasteiger partial charge in [0, 0.05) is 38.3 Å². The fourth-order valence-electron chi connectivity index (χ4n) is 3.30. The number of piperazine rings is 1. The van der Waals surface area contributed by atoms with Gasteiger partial charge in [-0.25, -0.2) is 13.2 Å². The number of primary amides is 1. The first-order chi connectivity index (χ1) is 14.7. The number of nitrogens with one attached hydrogen (secondary N) is 1. The number of nitrogens with zero attached hydrogens (tertiary/aromatic N) is 2. The highest BCUT2D eigenvalue weighted by Gasteiger charge is 2.32. The molecule has 166 valence electrons. The van der Waals surface area contributed by atoms with Crippen LogP contribution in [0.1, 0.15) is 15.9 Å². The van der Waals surface area contributed by atoms with Crippen LogP contribution in [0.25, 0.3) is 0 Å². The predicted octanol–water partition coefficient (Wildman–Crippen LogP) is 2.35. The summed E-state index contributed by atoms with van der Waals surface area (Å²) >= 11 is 12.1. The molecule has 3 amide bonds. The summed E-state index contributed by atoms with van der Waals surface area (Å²) in [6, 6.07) is 11.2. The van der Waals surface area contributed by atoms with Gasteiger partial charge in [0.15, 0.2) is 0 Å². The maximum atomic E-state index is 12.9. The van der Waals surface area contributed by atoms with Crippen molar-refractivity contribution in [1.29, 1.82) is 0 Å². The second kappa shape index (κ2) is 9.86. The molecule has 1 aliphatic heterocycles. The maximum absolute atomic E-state index is 12.9. The van der Waals surface area contributed by atoms with Gasteiger partial charge in [0.2, 0.25) is 15.9 Å². The molecular formula is C20H22Cl2N4O4S. The lowest BCUT2D eigenvalue weighted by Gasteiger charge is -2.34. The number of halogens is 2. The van der Waals surface area contributed by atoms with Crippen molar-refractivity contribution in [2.24, 2.45) is 5.73 Å². The smallest absolute Gasteiger partial charge is 0.317 e. The zero-order valence-electron chi connectivity index (χ0n) is 16.6. The summed E-state index contributed by atoms with van der Waals surface area (Å²) in [7, 11) is -3.86. The van der Waals surface area contributed by atoms with Gasteiger partial charge in [0.1, 0.15) is 4.90 Å². The number of hydrogen-bond donors (Lipinski definition) is 2. The molecule has 0 aliphatic carbocycles. The summed E-state index contributed by atoms with van der Waals surface area (Å²) in [6.07, 6.45) is 0.534. The quantitative estimate of drug-likeness (QED) is 0.654. The van der Waals surface area contributed by atoms with Crippen LogP contribution in [0.3, 0.4) is 0 Å². The van der Waals surface area contributed by atoms with E-state index in [0.717, 1.165) is 5.56 Å². The third kappa shape index (κ3) is 5.48. The van der Waals surface area contributed by atoms with Gasteiger partial charge in [-0.05, 0) is 36.2 Å². The van der Waals surface area contributed by atoms with Crippen LogP contribution in [0.4, 0.5) is 4.79 Å². The lowest BCUT2D eigenvalue weighted by Crippen LogP contribution is -2.53. The molecule has 31 heavy (non-hydrogen) atoms. The number of benzene rings is 2. The van der Waals surface area contributed by atoms with Crippen molar-refractivity contribution in [3.05, 3.63) is 63.6 Å². The molecule has 2 aromatic carbocycles. The van der Waals surface area contributed by atoms with Gasteiger partial charge < -0.3 is 16.0 Å². The van der Waals surface area contributed by atoms with E-state index >= 15 is 0 Å². The summed E-state index contributed by atoms with van der Waals surface area (Å²) < 4.78 is 27.1. The Morgan fingerprint density at radius 3 is 2.23 bits per heavy atom. The normalized spacial score (nSPS) is 15.0. The minimum atomic E-state index is -3.86. The first kappa shape index (κ1) is 23.3. The molecule has 1 aliphatic rings. The summed E-state index contributed by atoms with van der Waals surface area (Å²) in [6.45, 7) is 1.12. The highest BCUT2D eigenvalue weighted by atomic mass is 35.5. The van der Waals surface area contributed by atoms with E-state index in [2.05, 4.69) is 5.32 Å². The number of rotatable bonds is 6. The van der Waals surface area contributed by atoms with Crippen molar-refractivity contribution in [2.75, 3.05) is 32.7 Å². The number of urea groups is 1. The van der Waals surface area contributed by atoms with E-state index < -0.39 is 15.9 Å². The molecule has 0 atom stereocenters. The Morgan fingerprint density at radius 2 is 1.61 bits per heavy atom. The molecule has 0 saturated carbocycles. The van der Waals surface area contributed by atoms with Crippen molar-refractivity contribution in [2.45, 2.75) is 11.3 Å². The van der Waals surface area contributed by atoms with Crippen LogP contribution < -0.4 is 11.1 Å². The van der Waals surface area contributed by atoms with Gasteiger partial charge in [0.05, 0.1) is 10.0 Å². The van der Waals surface area contributed by atoms with Crippen molar-refractivity contribution in [1.82, 2.24) is 14.5 Å². The molecule has 3 N–H and O–H groups in total. The van der Waals surface area contributed by atoms with Gasteiger partial charge in [-0.1, -0.05) is 41.4 Å². The van der Waals surface area contributed by atoms with Gasteiger partial charge in [0.25, 0.3) is 0 Å². The summed E-state index contributed by atoms with van der Waals surface area (Å²) in [5, 5.41) is 2.94. The molecule has 1 saturated heterocycles. The molecule has 0 aromatic heterocycles. The lowest BCUT2D eigenvalue weighted by atomic mass is 10.1. The number of hydrogen-bond acceptors (Lipinski definition) is 4. The summed E-state index contributed by atoms with van der Waals surface area (Å²) in [5.41, 5.74) is 6.57. The molecule has 0 unspecified atom stereocenters. The topological polar surface area (TPSA) is 113 Å². The summed E-state index contributed by atoms with van der Waals surface area (Å²) in [5.74, 6) is -0.503. The Labute approximate surface area is 191 Å². The molecule has 1 fully saturated rings. The number of carbonyl (C=O) groups excluding carboxylic acids is 2. The van der Waals surface area contributed by atoms with E-state index in [9.17, 15) is 18.0 Å². The van der Waals surface area contributed by atoms with E-state index in [0.29, 0.717) is 18.5 Å². The molecule has 1 heterocycles. The van der Waals surface area contributed by atoms with Crippen molar-refractivity contribution in [3.63, 3.8) is 0 Å². The van der Waals surface area contributed by atoms with Crippen LogP contribution in [0.15, 0.2) is 47.4 Å². The average molecular weight is 485 g/mol. The SMILES string of the molecule is NC(=O)c1cccc(CCNC(=O)N2CCN(S(=O)(=O)c3c(Cl)cccc3Cl)CC2)c1. The standard InChI is InChI=1S/C20H22Cl2N4O4S/c21-16-5-2-6-17(22)18(16)31(29,30)26-11-9-25(10-12-26)20(28)24-8-7-14-3-1-4-15(13-14)19(23)27/h1-6,13H,7-12H2,(H2,23,27)(H,24,28). The molecule has 3 rings (SSSR count). The Hall–Kier alpha value is -2.33. The van der Waals surface area contributed by atoms with Gasteiger partial charge in [-0.3, -0.25) is 4.79 Å². The summed E-state index contributed by atoms with van der Waals surface area (Å²) in [4.78, 5) is 25.1. The largest absolute Gasteiger partial charge is 0.366 e. The van der Waals surface area contributed by atoms with E-state index in [1.807, 2.05) is 6.07 Å². The maximum Gasteiger partial charge on any atom is 0.317 e. The molecule has 0 bridgehead atoms. The lowest BCUT2D eigenvalue weighted by molar-refractivity contribution is 0.1000. The Bertz CT molecular complexity index is 1070. The van der Waals surface area contributed by atoms with Crippen molar-refractivity contribution >= 4 is 45.2 Å². The van der Waals surface area contributed by atoms with E-state index in [1.54, 1.807) is 29.2 Å². The Kier molecular flexibility index (Phi) is 7.42. The number of nitrogens with two attached hydrogens (primary N) is 1. The Morgan fingerprint density at radius 1 is 1.00 bits per heavy atom. The van der Waals surface area contributed by atoms with Gasteiger partial charge in [-0.2, -0.15) is 4.31 Å². The molecule has 0 radical (unpaired) electrons. The minimum absolute atomic E-state index is 0.0630. The van der Waals surface area contributed by atoms with Crippen LogP contribution >= 0.6 is 23.2 Å². The van der Waals surface area contributed by atoms with Gasteiger partial charge >= 0.3 is 6.03 Å². The molecule has 0 spiro atoms. The van der Waals surface area contributed by atoms with Crippen LogP contribution in [0.5, 0.6) is 0 Å². The van der Waals surface area contributed by atoms with Crippen molar-refractivity contribution in [3.8, 4) is 0 Å². The van der Waals surface area contributed by atoms with Crippen LogP contribution in [0, 0.1) is 0 Å². The molecule has 2 aromatic rings. The second-order valence-corrected chi connectivity index (χ2v) is 9.68. The fourth-order valence-corrected chi connectivity index (χ4v) is 5.81. The first-order valence-electron chi connectivity index (χ1n) is 9.56. The average Bonchev–Trinajstić information content (AvgIpc) is 2.73. The third-order valence-corrected chi connectivity index (χ3v) is 7.80. The molecule has 11 heteroatoms. The number of sulfonamides is 1. The zero-order valence-corrected chi connectivity index (χ0v) is 18.9. The van der Waals surface area contributed by atoms with E-state index in [1.165, 1.54) is 16.4 Å².